The number of rotatable bonds is 8. The van der Waals surface area contributed by atoms with Gasteiger partial charge in [0.05, 0.1) is 18.2 Å². The molecule has 0 atom stereocenters. The zero-order valence-electron chi connectivity index (χ0n) is 19.0. The number of aliphatic hydroxyl groups is 1. The van der Waals surface area contributed by atoms with Crippen molar-refractivity contribution >= 4 is 40.5 Å². The van der Waals surface area contributed by atoms with Crippen LogP contribution in [-0.4, -0.2) is 40.2 Å². The van der Waals surface area contributed by atoms with Crippen LogP contribution in [0, 0.1) is 0 Å². The average Bonchev–Trinajstić information content (AvgIpc) is 2.90. The summed E-state index contributed by atoms with van der Waals surface area (Å²) in [5.74, 6) is 1.25. The summed E-state index contributed by atoms with van der Waals surface area (Å²) < 4.78 is 0. The van der Waals surface area contributed by atoms with Gasteiger partial charge in [0.25, 0.3) is 0 Å². The molecule has 1 saturated heterocycles. The normalized spacial score (nSPS) is 13.8. The molecule has 3 aromatic carbocycles. The number of hydrogen-bond acceptors (Lipinski definition) is 7. The van der Waals surface area contributed by atoms with E-state index in [1.165, 1.54) is 0 Å². The Bertz CT molecular complexity index is 1340. The Labute approximate surface area is 207 Å². The van der Waals surface area contributed by atoms with Gasteiger partial charge >= 0.3 is 6.03 Å². The molecule has 9 heteroatoms. The fourth-order valence-corrected chi connectivity index (χ4v) is 4.97. The lowest BCUT2D eigenvalue weighted by Crippen LogP contribution is -2.53. The Kier molecular flexibility index (Phi) is 6.97. The number of anilines is 2. The Hall–Kier alpha value is -3.82. The second kappa shape index (κ2) is 10.6. The van der Waals surface area contributed by atoms with Gasteiger partial charge in [-0.1, -0.05) is 60.3 Å². The minimum atomic E-state index is -0.156. The van der Waals surface area contributed by atoms with E-state index in [1.54, 1.807) is 11.8 Å². The van der Waals surface area contributed by atoms with Crippen molar-refractivity contribution in [2.24, 2.45) is 0 Å². The maximum atomic E-state index is 11.4. The number of hydrogen-bond donors (Lipinski definition) is 5. The predicted molar refractivity (Wildman–Crippen MR) is 139 cm³/mol. The van der Waals surface area contributed by atoms with E-state index in [9.17, 15) is 9.90 Å². The molecule has 1 aliphatic rings. The predicted octanol–water partition coefficient (Wildman–Crippen LogP) is 3.98. The molecule has 1 fully saturated rings. The van der Waals surface area contributed by atoms with Crippen LogP contribution in [0.5, 0.6) is 0 Å². The topological polar surface area (TPSA) is 111 Å². The van der Waals surface area contributed by atoms with Crippen LogP contribution in [0.1, 0.15) is 11.1 Å². The Morgan fingerprint density at radius 2 is 1.54 bits per heavy atom. The van der Waals surface area contributed by atoms with E-state index >= 15 is 0 Å². The lowest BCUT2D eigenvalue weighted by molar-refractivity contribution is 0.235. The third-order valence-corrected chi connectivity index (χ3v) is 6.97. The van der Waals surface area contributed by atoms with Crippen LogP contribution < -0.4 is 21.3 Å². The van der Waals surface area contributed by atoms with Crippen LogP contribution in [0.15, 0.2) is 82.6 Å². The molecule has 0 unspecified atom stereocenters. The minimum absolute atomic E-state index is 0.00446. The zero-order valence-corrected chi connectivity index (χ0v) is 19.8. The maximum absolute atomic E-state index is 11.4. The SMILES string of the molecule is O=C1NCC(Nc2nc(NCc3ccccc3Sc3ccccc3CO)nc3ccccc23)CN1. The smallest absolute Gasteiger partial charge is 0.314 e. The van der Waals surface area contributed by atoms with E-state index in [1.807, 2.05) is 60.7 Å². The largest absolute Gasteiger partial charge is 0.392 e. The van der Waals surface area contributed by atoms with Gasteiger partial charge in [0.15, 0.2) is 0 Å². The summed E-state index contributed by atoms with van der Waals surface area (Å²) in [4.78, 5) is 23.0. The van der Waals surface area contributed by atoms with Gasteiger partial charge < -0.3 is 26.4 Å². The highest BCUT2D eigenvalue weighted by Gasteiger charge is 2.19. The van der Waals surface area contributed by atoms with Crippen molar-refractivity contribution in [3.05, 3.63) is 83.9 Å². The van der Waals surface area contributed by atoms with Crippen molar-refractivity contribution in [1.82, 2.24) is 20.6 Å². The number of aromatic nitrogens is 2. The van der Waals surface area contributed by atoms with Crippen molar-refractivity contribution in [3.8, 4) is 0 Å². The number of amides is 2. The summed E-state index contributed by atoms with van der Waals surface area (Å²) in [6.07, 6.45) is 0. The van der Waals surface area contributed by atoms with Crippen LogP contribution in [-0.2, 0) is 13.2 Å². The number of carbonyl (C=O) groups is 1. The van der Waals surface area contributed by atoms with Crippen LogP contribution >= 0.6 is 11.8 Å². The van der Waals surface area contributed by atoms with Gasteiger partial charge in [-0.25, -0.2) is 9.78 Å². The van der Waals surface area contributed by atoms with Crippen molar-refractivity contribution in [1.29, 1.82) is 0 Å². The Morgan fingerprint density at radius 1 is 0.886 bits per heavy atom. The molecule has 35 heavy (non-hydrogen) atoms. The van der Waals surface area contributed by atoms with E-state index in [0.29, 0.717) is 25.6 Å². The maximum Gasteiger partial charge on any atom is 0.314 e. The van der Waals surface area contributed by atoms with E-state index in [2.05, 4.69) is 33.4 Å². The molecule has 0 aliphatic carbocycles. The molecule has 2 amide bonds. The van der Waals surface area contributed by atoms with Gasteiger partial charge in [0.2, 0.25) is 5.95 Å². The number of nitrogens with one attached hydrogen (secondary N) is 4. The second-order valence-electron chi connectivity index (χ2n) is 8.17. The van der Waals surface area contributed by atoms with E-state index in [-0.39, 0.29) is 18.7 Å². The summed E-state index contributed by atoms with van der Waals surface area (Å²) in [6.45, 7) is 1.59. The van der Waals surface area contributed by atoms with Gasteiger partial charge in [-0.2, -0.15) is 4.98 Å². The van der Waals surface area contributed by atoms with Crippen molar-refractivity contribution < 1.29 is 9.90 Å². The van der Waals surface area contributed by atoms with Gasteiger partial charge in [-0.3, -0.25) is 0 Å². The molecule has 2 heterocycles. The van der Waals surface area contributed by atoms with Gasteiger partial charge in [-0.05, 0) is 35.4 Å². The van der Waals surface area contributed by atoms with Gasteiger partial charge in [-0.15, -0.1) is 0 Å². The van der Waals surface area contributed by atoms with E-state index in [4.69, 9.17) is 9.97 Å². The van der Waals surface area contributed by atoms with Crippen molar-refractivity contribution in [2.45, 2.75) is 29.0 Å². The number of urea groups is 1. The molecule has 1 aromatic heterocycles. The summed E-state index contributed by atoms with van der Waals surface area (Å²) in [5, 5.41) is 23.0. The van der Waals surface area contributed by atoms with Crippen LogP contribution in [0.4, 0.5) is 16.6 Å². The number of nitrogens with zero attached hydrogens (tertiary/aromatic N) is 2. The molecule has 0 bridgehead atoms. The molecule has 8 nitrogen and oxygen atoms in total. The third kappa shape index (κ3) is 5.47. The highest BCUT2D eigenvalue weighted by atomic mass is 32.2. The number of carbonyl (C=O) groups excluding carboxylic acids is 1. The first kappa shape index (κ1) is 22.9. The first-order valence-corrected chi connectivity index (χ1v) is 12.2. The summed E-state index contributed by atoms with van der Waals surface area (Å²) >= 11 is 1.64. The number of para-hydroxylation sites is 1. The van der Waals surface area contributed by atoms with Crippen LogP contribution in [0.3, 0.4) is 0 Å². The van der Waals surface area contributed by atoms with E-state index < -0.39 is 0 Å². The molecule has 1 aliphatic heterocycles. The number of benzene rings is 3. The number of fused-ring (bicyclic) bond motifs is 1. The fourth-order valence-electron chi connectivity index (χ4n) is 3.90. The quantitative estimate of drug-likeness (QED) is 0.256. The monoisotopic (exact) mass is 486 g/mol. The molecule has 4 aromatic rings. The molecule has 5 N–H and O–H groups in total. The molecule has 0 saturated carbocycles. The molecule has 5 rings (SSSR count). The second-order valence-corrected chi connectivity index (χ2v) is 9.26. The average molecular weight is 487 g/mol. The first-order chi connectivity index (χ1) is 17.2. The van der Waals surface area contributed by atoms with Gasteiger partial charge in [0.1, 0.15) is 5.82 Å². The summed E-state index contributed by atoms with van der Waals surface area (Å²) in [7, 11) is 0. The Balaban J connectivity index is 1.36. The fraction of sp³-hybridized carbons (Fsp3) is 0.192. The van der Waals surface area contributed by atoms with Crippen molar-refractivity contribution in [2.75, 3.05) is 23.7 Å². The zero-order chi connectivity index (χ0) is 24.0. The van der Waals surface area contributed by atoms with Gasteiger partial charge in [0, 0.05) is 34.8 Å². The Morgan fingerprint density at radius 3 is 2.31 bits per heavy atom. The van der Waals surface area contributed by atoms with Crippen molar-refractivity contribution in [3.63, 3.8) is 0 Å². The number of aliphatic hydroxyl groups excluding tert-OH is 1. The molecule has 178 valence electrons. The molecular weight excluding hydrogens is 460 g/mol. The highest BCUT2D eigenvalue weighted by molar-refractivity contribution is 7.99. The molecule has 0 spiro atoms. The van der Waals surface area contributed by atoms with Crippen LogP contribution in [0.25, 0.3) is 10.9 Å². The lowest BCUT2D eigenvalue weighted by atomic mass is 10.2. The van der Waals surface area contributed by atoms with Crippen LogP contribution in [0.2, 0.25) is 0 Å². The standard InChI is InChI=1S/C26H26N6O2S/c33-16-18-8-2-6-12-23(18)35-22-11-5-1-7-17(22)13-27-25-31-21-10-4-3-9-20(21)24(32-25)30-19-14-28-26(34)29-15-19/h1-12,19,33H,13-16H2,(H2,28,29,34)(H2,27,30,31,32). The lowest BCUT2D eigenvalue weighted by Gasteiger charge is -2.25. The summed E-state index contributed by atoms with van der Waals surface area (Å²) in [6, 6.07) is 23.8. The van der Waals surface area contributed by atoms with E-state index in [0.717, 1.165) is 37.6 Å². The molecule has 0 radical (unpaired) electrons. The first-order valence-electron chi connectivity index (χ1n) is 11.4. The highest BCUT2D eigenvalue weighted by Crippen LogP contribution is 2.33. The molecular formula is C26H26N6O2S. The summed E-state index contributed by atoms with van der Waals surface area (Å²) in [5.41, 5.74) is 2.85. The minimum Gasteiger partial charge on any atom is -0.392 e. The third-order valence-electron chi connectivity index (χ3n) is 5.73.